The first-order valence-electron chi connectivity index (χ1n) is 7.10. The SMILES string of the molecule is CC(=O)NCCCc1cn2c3c(cccc13)CCC2. The molecular formula is C16H20N2O. The summed E-state index contributed by atoms with van der Waals surface area (Å²) in [6.45, 7) is 3.47. The smallest absolute Gasteiger partial charge is 0.216 e. The third kappa shape index (κ3) is 2.37. The normalized spacial score (nSPS) is 13.7. The second kappa shape index (κ2) is 5.08. The zero-order chi connectivity index (χ0) is 13.2. The highest BCUT2D eigenvalue weighted by atomic mass is 16.1. The highest BCUT2D eigenvalue weighted by Gasteiger charge is 2.15. The summed E-state index contributed by atoms with van der Waals surface area (Å²) >= 11 is 0. The van der Waals surface area contributed by atoms with Gasteiger partial charge in [-0.15, -0.1) is 0 Å². The Morgan fingerprint density at radius 1 is 1.42 bits per heavy atom. The molecule has 3 rings (SSSR count). The Balaban J connectivity index is 1.81. The van der Waals surface area contributed by atoms with Crippen molar-refractivity contribution < 1.29 is 4.79 Å². The van der Waals surface area contributed by atoms with Gasteiger partial charge in [-0.3, -0.25) is 4.79 Å². The molecule has 0 unspecified atom stereocenters. The van der Waals surface area contributed by atoms with Crippen LogP contribution in [0.1, 0.15) is 30.9 Å². The fourth-order valence-corrected chi connectivity index (χ4v) is 3.07. The Hall–Kier alpha value is -1.77. The predicted molar refractivity (Wildman–Crippen MR) is 77.3 cm³/mol. The van der Waals surface area contributed by atoms with Crippen LogP contribution in [0.2, 0.25) is 0 Å². The molecule has 1 aliphatic heterocycles. The summed E-state index contributed by atoms with van der Waals surface area (Å²) in [4.78, 5) is 10.9. The van der Waals surface area contributed by atoms with Crippen LogP contribution in [0.3, 0.4) is 0 Å². The van der Waals surface area contributed by atoms with Crippen LogP contribution in [0, 0.1) is 0 Å². The number of nitrogens with zero attached hydrogens (tertiary/aromatic N) is 1. The van der Waals surface area contributed by atoms with Gasteiger partial charge in [0.25, 0.3) is 0 Å². The maximum atomic E-state index is 10.9. The molecule has 0 bridgehead atoms. The fraction of sp³-hybridized carbons (Fsp3) is 0.438. The number of carbonyl (C=O) groups excluding carboxylic acids is 1. The molecule has 0 saturated carbocycles. The van der Waals surface area contributed by atoms with Crippen molar-refractivity contribution in [1.82, 2.24) is 9.88 Å². The first-order valence-corrected chi connectivity index (χ1v) is 7.10. The van der Waals surface area contributed by atoms with E-state index in [1.165, 1.54) is 34.9 Å². The lowest BCUT2D eigenvalue weighted by molar-refractivity contribution is -0.118. The van der Waals surface area contributed by atoms with Crippen LogP contribution in [0.4, 0.5) is 0 Å². The molecule has 0 fully saturated rings. The monoisotopic (exact) mass is 256 g/mol. The van der Waals surface area contributed by atoms with Crippen molar-refractivity contribution in [3.05, 3.63) is 35.5 Å². The summed E-state index contributed by atoms with van der Waals surface area (Å²) < 4.78 is 2.40. The Kier molecular flexibility index (Phi) is 3.28. The molecule has 19 heavy (non-hydrogen) atoms. The summed E-state index contributed by atoms with van der Waals surface area (Å²) in [5.41, 5.74) is 4.34. The van der Waals surface area contributed by atoms with Gasteiger partial charge in [0, 0.05) is 31.6 Å². The number of carbonyl (C=O) groups is 1. The van der Waals surface area contributed by atoms with E-state index in [1.807, 2.05) is 0 Å². The van der Waals surface area contributed by atoms with Crippen LogP contribution in [-0.4, -0.2) is 17.0 Å². The van der Waals surface area contributed by atoms with E-state index < -0.39 is 0 Å². The number of hydrogen-bond donors (Lipinski definition) is 1. The summed E-state index contributed by atoms with van der Waals surface area (Å²) in [5, 5.41) is 4.27. The van der Waals surface area contributed by atoms with Crippen molar-refractivity contribution in [2.75, 3.05) is 6.54 Å². The third-order valence-electron chi connectivity index (χ3n) is 3.91. The van der Waals surface area contributed by atoms with E-state index in [9.17, 15) is 4.79 Å². The summed E-state index contributed by atoms with van der Waals surface area (Å²) in [6.07, 6.45) is 6.79. The first-order chi connectivity index (χ1) is 9.25. The van der Waals surface area contributed by atoms with Crippen LogP contribution in [0.25, 0.3) is 10.9 Å². The van der Waals surface area contributed by atoms with E-state index in [1.54, 1.807) is 6.92 Å². The van der Waals surface area contributed by atoms with Crippen molar-refractivity contribution in [3.8, 4) is 0 Å². The number of rotatable bonds is 4. The molecule has 1 aromatic carbocycles. The number of aryl methyl sites for hydroxylation is 3. The molecule has 0 spiro atoms. The molecule has 1 aliphatic rings. The largest absolute Gasteiger partial charge is 0.356 e. The zero-order valence-corrected chi connectivity index (χ0v) is 11.4. The standard InChI is InChI=1S/C16H20N2O/c1-12(19)17-9-3-6-14-11-18-10-4-7-13-5-2-8-15(14)16(13)18/h2,5,8,11H,3-4,6-7,9-10H2,1H3,(H,17,19). The van der Waals surface area contributed by atoms with Gasteiger partial charge in [-0.05, 0) is 36.8 Å². The minimum Gasteiger partial charge on any atom is -0.356 e. The van der Waals surface area contributed by atoms with E-state index in [-0.39, 0.29) is 5.91 Å². The van der Waals surface area contributed by atoms with Gasteiger partial charge in [0.05, 0.1) is 5.52 Å². The third-order valence-corrected chi connectivity index (χ3v) is 3.91. The van der Waals surface area contributed by atoms with Crippen molar-refractivity contribution in [2.45, 2.75) is 39.2 Å². The maximum absolute atomic E-state index is 10.9. The minimum absolute atomic E-state index is 0.0580. The Morgan fingerprint density at radius 3 is 3.16 bits per heavy atom. The van der Waals surface area contributed by atoms with Crippen molar-refractivity contribution in [2.24, 2.45) is 0 Å². The van der Waals surface area contributed by atoms with E-state index in [0.717, 1.165) is 25.9 Å². The Morgan fingerprint density at radius 2 is 2.32 bits per heavy atom. The van der Waals surface area contributed by atoms with Gasteiger partial charge in [0.2, 0.25) is 5.91 Å². The van der Waals surface area contributed by atoms with Crippen LogP contribution < -0.4 is 5.32 Å². The van der Waals surface area contributed by atoms with Crippen LogP contribution in [0.5, 0.6) is 0 Å². The predicted octanol–water partition coefficient (Wildman–Crippen LogP) is 2.66. The number of nitrogens with one attached hydrogen (secondary N) is 1. The zero-order valence-electron chi connectivity index (χ0n) is 11.4. The molecule has 3 heteroatoms. The molecule has 3 nitrogen and oxygen atoms in total. The number of benzene rings is 1. The topological polar surface area (TPSA) is 34.0 Å². The van der Waals surface area contributed by atoms with E-state index in [0.29, 0.717) is 0 Å². The van der Waals surface area contributed by atoms with Crippen molar-refractivity contribution in [1.29, 1.82) is 0 Å². The molecule has 2 heterocycles. The average Bonchev–Trinajstić information content (AvgIpc) is 2.76. The van der Waals surface area contributed by atoms with Gasteiger partial charge in [0.15, 0.2) is 0 Å². The van der Waals surface area contributed by atoms with Crippen LogP contribution in [0.15, 0.2) is 24.4 Å². The van der Waals surface area contributed by atoms with Gasteiger partial charge in [0.1, 0.15) is 0 Å². The van der Waals surface area contributed by atoms with Gasteiger partial charge >= 0.3 is 0 Å². The van der Waals surface area contributed by atoms with Crippen LogP contribution in [-0.2, 0) is 24.2 Å². The van der Waals surface area contributed by atoms with Gasteiger partial charge < -0.3 is 9.88 Å². The van der Waals surface area contributed by atoms with E-state index in [2.05, 4.69) is 34.3 Å². The quantitative estimate of drug-likeness (QED) is 0.838. The molecule has 1 N–H and O–H groups in total. The van der Waals surface area contributed by atoms with E-state index >= 15 is 0 Å². The molecule has 1 aromatic heterocycles. The molecule has 2 aromatic rings. The van der Waals surface area contributed by atoms with Gasteiger partial charge in [-0.25, -0.2) is 0 Å². The molecule has 0 atom stereocenters. The molecule has 0 radical (unpaired) electrons. The average molecular weight is 256 g/mol. The fourth-order valence-electron chi connectivity index (χ4n) is 3.07. The molecule has 0 aliphatic carbocycles. The number of amides is 1. The highest BCUT2D eigenvalue weighted by molar-refractivity contribution is 5.87. The lowest BCUT2D eigenvalue weighted by Gasteiger charge is -2.14. The summed E-state index contributed by atoms with van der Waals surface area (Å²) in [7, 11) is 0. The second-order valence-corrected chi connectivity index (χ2v) is 5.35. The Bertz CT molecular complexity index is 612. The lowest BCUT2D eigenvalue weighted by Crippen LogP contribution is -2.21. The summed E-state index contributed by atoms with van der Waals surface area (Å²) in [6, 6.07) is 6.65. The van der Waals surface area contributed by atoms with Crippen molar-refractivity contribution in [3.63, 3.8) is 0 Å². The van der Waals surface area contributed by atoms with Gasteiger partial charge in [-0.2, -0.15) is 0 Å². The van der Waals surface area contributed by atoms with Crippen LogP contribution >= 0.6 is 0 Å². The maximum Gasteiger partial charge on any atom is 0.216 e. The number of aromatic nitrogens is 1. The molecule has 0 saturated heterocycles. The van der Waals surface area contributed by atoms with Gasteiger partial charge in [-0.1, -0.05) is 18.2 Å². The molecule has 100 valence electrons. The minimum atomic E-state index is 0.0580. The molecular weight excluding hydrogens is 236 g/mol. The number of para-hydroxylation sites is 1. The summed E-state index contributed by atoms with van der Waals surface area (Å²) in [5.74, 6) is 0.0580. The Labute approximate surface area is 113 Å². The van der Waals surface area contributed by atoms with Crippen molar-refractivity contribution >= 4 is 16.8 Å². The number of hydrogen-bond acceptors (Lipinski definition) is 1. The van der Waals surface area contributed by atoms with E-state index in [4.69, 9.17) is 0 Å². The highest BCUT2D eigenvalue weighted by Crippen LogP contribution is 2.29. The first kappa shape index (κ1) is 12.3. The second-order valence-electron chi connectivity index (χ2n) is 5.35. The lowest BCUT2D eigenvalue weighted by atomic mass is 10.0. The molecule has 1 amide bonds.